The van der Waals surface area contributed by atoms with Crippen molar-refractivity contribution in [3.63, 3.8) is 0 Å². The van der Waals surface area contributed by atoms with Crippen molar-refractivity contribution in [2.45, 2.75) is 13.0 Å². The summed E-state index contributed by atoms with van der Waals surface area (Å²) in [6.45, 7) is 1.64. The number of hydrogen-bond donors (Lipinski definition) is 3. The average Bonchev–Trinajstić information content (AvgIpc) is 3.17. The van der Waals surface area contributed by atoms with Gasteiger partial charge in [-0.1, -0.05) is 6.07 Å². The Hall–Kier alpha value is -3.61. The summed E-state index contributed by atoms with van der Waals surface area (Å²) in [4.78, 5) is 31.6. The number of aromatic amines is 1. The van der Waals surface area contributed by atoms with Gasteiger partial charge in [0.15, 0.2) is 11.9 Å². The number of anilines is 2. The van der Waals surface area contributed by atoms with E-state index in [2.05, 4.69) is 20.6 Å². The molecule has 1 unspecified atom stereocenters. The Balaban J connectivity index is 1.56. The number of hydrogen-bond acceptors (Lipinski definition) is 4. The Morgan fingerprint density at radius 2 is 2.00 bits per heavy atom. The maximum absolute atomic E-state index is 12.7. The van der Waals surface area contributed by atoms with E-state index in [4.69, 9.17) is 4.74 Å². The van der Waals surface area contributed by atoms with Crippen LogP contribution in [0.1, 0.15) is 17.3 Å². The van der Waals surface area contributed by atoms with Crippen LogP contribution >= 0.6 is 0 Å². The van der Waals surface area contributed by atoms with E-state index < -0.39 is 6.10 Å². The Kier molecular flexibility index (Phi) is 3.89. The standard InChI is InChI=1S/C19H16N4O3/c1-11-18(24)23-15-4-2-3-14(16(15)26-11)19(25)22-13-7-5-12(6-8-13)17-20-9-10-21-17/h2-11H,1H3,(H,20,21)(H,22,25)(H,23,24). The van der Waals surface area contributed by atoms with Gasteiger partial charge in [0, 0.05) is 23.6 Å². The molecule has 0 bridgehead atoms. The summed E-state index contributed by atoms with van der Waals surface area (Å²) in [6, 6.07) is 12.4. The number of benzene rings is 2. The molecule has 1 aliphatic heterocycles. The number of aromatic nitrogens is 2. The molecule has 0 radical (unpaired) electrons. The number of H-pyrrole nitrogens is 1. The predicted molar refractivity (Wildman–Crippen MR) is 97.1 cm³/mol. The third-order valence-corrected chi connectivity index (χ3v) is 4.10. The molecule has 0 aliphatic carbocycles. The van der Waals surface area contributed by atoms with E-state index in [1.807, 2.05) is 12.1 Å². The van der Waals surface area contributed by atoms with Crippen LogP contribution in [0.25, 0.3) is 11.4 Å². The van der Waals surface area contributed by atoms with Crippen molar-refractivity contribution in [1.29, 1.82) is 0 Å². The third-order valence-electron chi connectivity index (χ3n) is 4.10. The van der Waals surface area contributed by atoms with E-state index in [0.717, 1.165) is 11.4 Å². The van der Waals surface area contributed by atoms with Crippen LogP contribution in [0, 0.1) is 0 Å². The van der Waals surface area contributed by atoms with Gasteiger partial charge in [0.2, 0.25) is 0 Å². The quantitative estimate of drug-likeness (QED) is 0.678. The van der Waals surface area contributed by atoms with Crippen LogP contribution < -0.4 is 15.4 Å². The fraction of sp³-hybridized carbons (Fsp3) is 0.105. The molecule has 7 nitrogen and oxygen atoms in total. The third kappa shape index (κ3) is 2.90. The van der Waals surface area contributed by atoms with Crippen LogP contribution in [0.15, 0.2) is 54.9 Å². The van der Waals surface area contributed by atoms with E-state index in [1.165, 1.54) is 0 Å². The highest BCUT2D eigenvalue weighted by molar-refractivity contribution is 6.09. The molecule has 2 amide bonds. The molecule has 2 aromatic carbocycles. The molecular weight excluding hydrogens is 332 g/mol. The first-order chi connectivity index (χ1) is 12.6. The van der Waals surface area contributed by atoms with E-state index in [0.29, 0.717) is 22.7 Å². The van der Waals surface area contributed by atoms with Crippen LogP contribution in [-0.4, -0.2) is 27.9 Å². The minimum atomic E-state index is -0.649. The molecule has 4 rings (SSSR count). The number of imidazole rings is 1. The summed E-state index contributed by atoms with van der Waals surface area (Å²) in [7, 11) is 0. The van der Waals surface area contributed by atoms with Crippen LogP contribution in [0.5, 0.6) is 5.75 Å². The normalized spacial score (nSPS) is 15.6. The maximum Gasteiger partial charge on any atom is 0.265 e. The van der Waals surface area contributed by atoms with Gasteiger partial charge in [-0.15, -0.1) is 0 Å². The Morgan fingerprint density at radius 3 is 2.73 bits per heavy atom. The lowest BCUT2D eigenvalue weighted by Crippen LogP contribution is -2.35. The summed E-state index contributed by atoms with van der Waals surface area (Å²) in [5, 5.41) is 5.58. The largest absolute Gasteiger partial charge is 0.478 e. The zero-order valence-electron chi connectivity index (χ0n) is 13.9. The number of nitrogens with one attached hydrogen (secondary N) is 3. The molecule has 0 fully saturated rings. The van der Waals surface area contributed by atoms with Crippen molar-refractivity contribution in [3.8, 4) is 17.1 Å². The number of nitrogens with zero attached hydrogens (tertiary/aromatic N) is 1. The summed E-state index contributed by atoms with van der Waals surface area (Å²) in [5.41, 5.74) is 2.43. The molecule has 0 saturated heterocycles. The first-order valence-corrected chi connectivity index (χ1v) is 8.13. The lowest BCUT2D eigenvalue weighted by molar-refractivity contribution is -0.122. The van der Waals surface area contributed by atoms with Crippen LogP contribution in [0.3, 0.4) is 0 Å². The Morgan fingerprint density at radius 1 is 1.19 bits per heavy atom. The molecule has 0 spiro atoms. The highest BCUT2D eigenvalue weighted by Gasteiger charge is 2.27. The number of para-hydroxylation sites is 1. The van der Waals surface area contributed by atoms with Gasteiger partial charge >= 0.3 is 0 Å². The van der Waals surface area contributed by atoms with Crippen LogP contribution in [-0.2, 0) is 4.79 Å². The van der Waals surface area contributed by atoms with Gasteiger partial charge in [-0.25, -0.2) is 4.98 Å². The average molecular weight is 348 g/mol. The topological polar surface area (TPSA) is 96.1 Å². The molecule has 1 aromatic heterocycles. The summed E-state index contributed by atoms with van der Waals surface area (Å²) in [5.74, 6) is 0.599. The second-order valence-corrected chi connectivity index (χ2v) is 5.90. The summed E-state index contributed by atoms with van der Waals surface area (Å²) in [6.07, 6.45) is 2.79. The number of fused-ring (bicyclic) bond motifs is 1. The van der Waals surface area contributed by atoms with Crippen molar-refractivity contribution in [2.24, 2.45) is 0 Å². The number of carbonyl (C=O) groups excluding carboxylic acids is 2. The number of carbonyl (C=O) groups is 2. The number of rotatable bonds is 3. The van der Waals surface area contributed by atoms with E-state index in [9.17, 15) is 9.59 Å². The minimum absolute atomic E-state index is 0.233. The maximum atomic E-state index is 12.7. The molecule has 7 heteroatoms. The lowest BCUT2D eigenvalue weighted by Gasteiger charge is -2.25. The Bertz CT molecular complexity index is 965. The molecule has 0 saturated carbocycles. The lowest BCUT2D eigenvalue weighted by atomic mass is 10.1. The Labute approximate surface area is 149 Å². The van der Waals surface area contributed by atoms with Crippen molar-refractivity contribution < 1.29 is 14.3 Å². The van der Waals surface area contributed by atoms with E-state index in [1.54, 1.807) is 49.6 Å². The summed E-state index contributed by atoms with van der Waals surface area (Å²) >= 11 is 0. The fourth-order valence-corrected chi connectivity index (χ4v) is 2.74. The van der Waals surface area contributed by atoms with Gasteiger partial charge < -0.3 is 20.4 Å². The first-order valence-electron chi connectivity index (χ1n) is 8.13. The van der Waals surface area contributed by atoms with Gasteiger partial charge in [-0.05, 0) is 43.3 Å². The van der Waals surface area contributed by atoms with Crippen molar-refractivity contribution in [1.82, 2.24) is 9.97 Å². The van der Waals surface area contributed by atoms with Crippen molar-refractivity contribution in [3.05, 3.63) is 60.4 Å². The molecule has 1 atom stereocenters. The molecule has 26 heavy (non-hydrogen) atoms. The van der Waals surface area contributed by atoms with Gasteiger partial charge in [-0.2, -0.15) is 0 Å². The first kappa shape index (κ1) is 15.9. The van der Waals surface area contributed by atoms with E-state index >= 15 is 0 Å². The molecule has 3 N–H and O–H groups in total. The van der Waals surface area contributed by atoms with Gasteiger partial charge in [0.05, 0.1) is 11.3 Å². The van der Waals surface area contributed by atoms with Crippen molar-refractivity contribution in [2.75, 3.05) is 10.6 Å². The number of amides is 2. The molecule has 130 valence electrons. The van der Waals surface area contributed by atoms with Gasteiger partial charge in [0.1, 0.15) is 5.82 Å². The molecule has 1 aliphatic rings. The zero-order chi connectivity index (χ0) is 18.1. The van der Waals surface area contributed by atoms with E-state index in [-0.39, 0.29) is 11.8 Å². The minimum Gasteiger partial charge on any atom is -0.478 e. The predicted octanol–water partition coefficient (Wildman–Crippen LogP) is 3.05. The van der Waals surface area contributed by atoms with Gasteiger partial charge in [0.25, 0.3) is 11.8 Å². The molecule has 2 heterocycles. The monoisotopic (exact) mass is 348 g/mol. The fourth-order valence-electron chi connectivity index (χ4n) is 2.74. The van der Waals surface area contributed by atoms with Gasteiger partial charge in [-0.3, -0.25) is 9.59 Å². The highest BCUT2D eigenvalue weighted by atomic mass is 16.5. The highest BCUT2D eigenvalue weighted by Crippen LogP contribution is 2.33. The smallest absolute Gasteiger partial charge is 0.265 e. The van der Waals surface area contributed by atoms with Crippen LogP contribution in [0.4, 0.5) is 11.4 Å². The summed E-state index contributed by atoms with van der Waals surface area (Å²) < 4.78 is 5.62. The van der Waals surface area contributed by atoms with Crippen LogP contribution in [0.2, 0.25) is 0 Å². The van der Waals surface area contributed by atoms with Crippen molar-refractivity contribution >= 4 is 23.2 Å². The molecular formula is C19H16N4O3. The second-order valence-electron chi connectivity index (χ2n) is 5.90. The second kappa shape index (κ2) is 6.36. The molecule has 3 aromatic rings. The zero-order valence-corrected chi connectivity index (χ0v) is 13.9. The number of ether oxygens (including phenoxy) is 1. The SMILES string of the molecule is CC1Oc2c(cccc2C(=O)Nc2ccc(-c3ncc[nH]3)cc2)NC1=O.